The van der Waals surface area contributed by atoms with Crippen molar-refractivity contribution >= 4 is 11.6 Å². The Bertz CT molecular complexity index is 657. The van der Waals surface area contributed by atoms with Gasteiger partial charge in [-0.25, -0.2) is 0 Å². The molecule has 1 unspecified atom stereocenters. The molecule has 0 spiro atoms. The van der Waals surface area contributed by atoms with Crippen molar-refractivity contribution in [1.29, 1.82) is 0 Å². The Kier molecular flexibility index (Phi) is 4.04. The number of hydrogen-bond donors (Lipinski definition) is 1. The van der Waals surface area contributed by atoms with Gasteiger partial charge in [0, 0.05) is 16.6 Å². The summed E-state index contributed by atoms with van der Waals surface area (Å²) in [6, 6.07) is 11.7. The standard InChI is InChI=1S/C17H18ClNO2/c1-20-16-8-5-12(18)9-11(16)10-21-17-4-2-3-13-14(17)6-7-15(13)19/h2-5,8-9,15H,6-7,10,19H2,1H3. The first kappa shape index (κ1) is 14.2. The van der Waals surface area contributed by atoms with Crippen molar-refractivity contribution in [2.75, 3.05) is 7.11 Å². The van der Waals surface area contributed by atoms with Crippen LogP contribution in [0.3, 0.4) is 0 Å². The van der Waals surface area contributed by atoms with E-state index in [9.17, 15) is 0 Å². The fraction of sp³-hybridized carbons (Fsp3) is 0.294. The fourth-order valence-electron chi connectivity index (χ4n) is 2.80. The van der Waals surface area contributed by atoms with Gasteiger partial charge >= 0.3 is 0 Å². The van der Waals surface area contributed by atoms with Crippen molar-refractivity contribution in [3.8, 4) is 11.5 Å². The van der Waals surface area contributed by atoms with Crippen LogP contribution in [0.1, 0.15) is 29.2 Å². The summed E-state index contributed by atoms with van der Waals surface area (Å²) in [4.78, 5) is 0. The van der Waals surface area contributed by atoms with Crippen LogP contribution in [-0.2, 0) is 13.0 Å². The molecule has 1 atom stereocenters. The first-order chi connectivity index (χ1) is 10.2. The molecule has 1 aliphatic carbocycles. The Hall–Kier alpha value is -1.71. The number of hydrogen-bond acceptors (Lipinski definition) is 3. The highest BCUT2D eigenvalue weighted by atomic mass is 35.5. The molecule has 0 heterocycles. The molecule has 0 saturated heterocycles. The number of fused-ring (bicyclic) bond motifs is 1. The van der Waals surface area contributed by atoms with Crippen LogP contribution < -0.4 is 15.2 Å². The third kappa shape index (κ3) is 2.85. The van der Waals surface area contributed by atoms with Gasteiger partial charge in [-0.1, -0.05) is 23.7 Å². The van der Waals surface area contributed by atoms with E-state index in [-0.39, 0.29) is 6.04 Å². The highest BCUT2D eigenvalue weighted by molar-refractivity contribution is 6.30. The number of ether oxygens (including phenoxy) is 2. The van der Waals surface area contributed by atoms with E-state index in [1.54, 1.807) is 7.11 Å². The van der Waals surface area contributed by atoms with Gasteiger partial charge in [-0.3, -0.25) is 0 Å². The number of halogens is 1. The zero-order valence-corrected chi connectivity index (χ0v) is 12.7. The van der Waals surface area contributed by atoms with E-state index in [0.717, 1.165) is 29.9 Å². The van der Waals surface area contributed by atoms with Crippen LogP contribution in [0.15, 0.2) is 36.4 Å². The summed E-state index contributed by atoms with van der Waals surface area (Å²) < 4.78 is 11.3. The van der Waals surface area contributed by atoms with Crippen LogP contribution in [0, 0.1) is 0 Å². The molecule has 4 heteroatoms. The predicted octanol–water partition coefficient (Wildman–Crippen LogP) is 3.87. The van der Waals surface area contributed by atoms with Gasteiger partial charge in [0.1, 0.15) is 18.1 Å². The van der Waals surface area contributed by atoms with Gasteiger partial charge in [-0.2, -0.15) is 0 Å². The third-order valence-corrected chi connectivity index (χ3v) is 4.13. The Labute approximate surface area is 129 Å². The normalized spacial score (nSPS) is 16.6. The highest BCUT2D eigenvalue weighted by Gasteiger charge is 2.22. The molecule has 0 amide bonds. The zero-order valence-electron chi connectivity index (χ0n) is 11.9. The molecule has 1 aliphatic rings. The molecular formula is C17H18ClNO2. The molecule has 0 bridgehead atoms. The molecule has 2 N–H and O–H groups in total. The minimum absolute atomic E-state index is 0.129. The van der Waals surface area contributed by atoms with Crippen LogP contribution in [0.4, 0.5) is 0 Å². The van der Waals surface area contributed by atoms with Crippen molar-refractivity contribution in [2.45, 2.75) is 25.5 Å². The maximum Gasteiger partial charge on any atom is 0.125 e. The van der Waals surface area contributed by atoms with E-state index in [1.807, 2.05) is 30.3 Å². The molecule has 0 saturated carbocycles. The lowest BCUT2D eigenvalue weighted by Gasteiger charge is -2.13. The minimum Gasteiger partial charge on any atom is -0.496 e. The van der Waals surface area contributed by atoms with E-state index in [0.29, 0.717) is 11.6 Å². The molecular weight excluding hydrogens is 286 g/mol. The second-order valence-corrected chi connectivity index (χ2v) is 5.65. The van der Waals surface area contributed by atoms with E-state index in [1.165, 1.54) is 11.1 Å². The fourth-order valence-corrected chi connectivity index (χ4v) is 3.00. The SMILES string of the molecule is COc1ccc(Cl)cc1COc1cccc2c1CCC2N. The smallest absolute Gasteiger partial charge is 0.125 e. The molecule has 0 aromatic heterocycles. The Morgan fingerprint density at radius 2 is 2.10 bits per heavy atom. The summed E-state index contributed by atoms with van der Waals surface area (Å²) in [5.41, 5.74) is 9.46. The van der Waals surface area contributed by atoms with Crippen LogP contribution in [-0.4, -0.2) is 7.11 Å². The van der Waals surface area contributed by atoms with Crippen molar-refractivity contribution in [3.05, 3.63) is 58.1 Å². The topological polar surface area (TPSA) is 44.5 Å². The molecule has 3 nitrogen and oxygen atoms in total. The van der Waals surface area contributed by atoms with Gasteiger partial charge < -0.3 is 15.2 Å². The Balaban J connectivity index is 1.82. The highest BCUT2D eigenvalue weighted by Crippen LogP contribution is 2.36. The van der Waals surface area contributed by atoms with Crippen molar-refractivity contribution < 1.29 is 9.47 Å². The van der Waals surface area contributed by atoms with Crippen LogP contribution in [0.5, 0.6) is 11.5 Å². The van der Waals surface area contributed by atoms with Crippen LogP contribution >= 0.6 is 11.6 Å². The summed E-state index contributed by atoms with van der Waals surface area (Å²) in [5.74, 6) is 1.69. The van der Waals surface area contributed by atoms with Gasteiger partial charge in [-0.05, 0) is 48.2 Å². The number of rotatable bonds is 4. The number of nitrogens with two attached hydrogens (primary N) is 1. The second-order valence-electron chi connectivity index (χ2n) is 5.21. The van der Waals surface area contributed by atoms with Crippen molar-refractivity contribution in [3.63, 3.8) is 0 Å². The van der Waals surface area contributed by atoms with Crippen molar-refractivity contribution in [2.24, 2.45) is 5.73 Å². The molecule has 110 valence electrons. The summed E-state index contributed by atoms with van der Waals surface area (Å²) in [5, 5.41) is 0.676. The molecule has 3 rings (SSSR count). The lowest BCUT2D eigenvalue weighted by atomic mass is 10.1. The van der Waals surface area contributed by atoms with Gasteiger partial charge in [0.25, 0.3) is 0 Å². The summed E-state index contributed by atoms with van der Waals surface area (Å²) >= 11 is 6.04. The minimum atomic E-state index is 0.129. The Morgan fingerprint density at radius 3 is 2.90 bits per heavy atom. The monoisotopic (exact) mass is 303 g/mol. The van der Waals surface area contributed by atoms with E-state index in [4.69, 9.17) is 26.8 Å². The van der Waals surface area contributed by atoms with Gasteiger partial charge in [-0.15, -0.1) is 0 Å². The first-order valence-corrected chi connectivity index (χ1v) is 7.39. The van der Waals surface area contributed by atoms with E-state index in [2.05, 4.69) is 6.07 Å². The number of methoxy groups -OCH3 is 1. The van der Waals surface area contributed by atoms with Gasteiger partial charge in [0.2, 0.25) is 0 Å². The predicted molar refractivity (Wildman–Crippen MR) is 84.0 cm³/mol. The third-order valence-electron chi connectivity index (χ3n) is 3.90. The average molecular weight is 304 g/mol. The quantitative estimate of drug-likeness (QED) is 0.932. The zero-order chi connectivity index (χ0) is 14.8. The molecule has 0 fully saturated rings. The molecule has 21 heavy (non-hydrogen) atoms. The molecule has 0 aliphatic heterocycles. The largest absolute Gasteiger partial charge is 0.496 e. The van der Waals surface area contributed by atoms with Crippen LogP contribution in [0.2, 0.25) is 5.02 Å². The van der Waals surface area contributed by atoms with E-state index >= 15 is 0 Å². The number of benzene rings is 2. The van der Waals surface area contributed by atoms with Crippen molar-refractivity contribution in [1.82, 2.24) is 0 Å². The molecule has 2 aromatic carbocycles. The maximum absolute atomic E-state index is 6.10. The van der Waals surface area contributed by atoms with Crippen LogP contribution in [0.25, 0.3) is 0 Å². The summed E-state index contributed by atoms with van der Waals surface area (Å²) in [6.07, 6.45) is 1.95. The average Bonchev–Trinajstić information content (AvgIpc) is 2.87. The second kappa shape index (κ2) is 5.96. The maximum atomic E-state index is 6.10. The van der Waals surface area contributed by atoms with Gasteiger partial charge in [0.05, 0.1) is 7.11 Å². The molecule has 2 aromatic rings. The van der Waals surface area contributed by atoms with Gasteiger partial charge in [0.15, 0.2) is 0 Å². The first-order valence-electron chi connectivity index (χ1n) is 7.01. The lowest BCUT2D eigenvalue weighted by Crippen LogP contribution is -2.05. The lowest BCUT2D eigenvalue weighted by molar-refractivity contribution is 0.294. The van der Waals surface area contributed by atoms with E-state index < -0.39 is 0 Å². The molecule has 0 radical (unpaired) electrons. The summed E-state index contributed by atoms with van der Waals surface area (Å²) in [6.45, 7) is 0.426. The Morgan fingerprint density at radius 1 is 1.24 bits per heavy atom. The summed E-state index contributed by atoms with van der Waals surface area (Å²) in [7, 11) is 1.64.